The summed E-state index contributed by atoms with van der Waals surface area (Å²) in [4.78, 5) is 37.1. The van der Waals surface area contributed by atoms with Crippen LogP contribution < -0.4 is 19.7 Å². The lowest BCUT2D eigenvalue weighted by Gasteiger charge is -2.33. The summed E-state index contributed by atoms with van der Waals surface area (Å²) in [5.74, 6) is 0.163. The second kappa shape index (κ2) is 8.59. The molecule has 1 heterocycles. The molecule has 2 amide bonds. The second-order valence-corrected chi connectivity index (χ2v) is 6.35. The molecule has 1 aliphatic rings. The highest BCUT2D eigenvalue weighted by atomic mass is 16.6. The van der Waals surface area contributed by atoms with Crippen molar-refractivity contribution < 1.29 is 24.0 Å². The third-order valence-corrected chi connectivity index (χ3v) is 4.38. The van der Waals surface area contributed by atoms with Gasteiger partial charge in [0.25, 0.3) is 11.6 Å². The van der Waals surface area contributed by atoms with Crippen molar-refractivity contribution in [3.63, 3.8) is 0 Å². The number of nitrogens with zero attached hydrogens (tertiary/aromatic N) is 2. The first-order valence-corrected chi connectivity index (χ1v) is 9.22. The quantitative estimate of drug-likeness (QED) is 0.566. The standard InChI is InChI=1S/C20H21N3O6/c1-3-17-20(25)22(16-11-14(23(26)27)7-10-18(16)29-17)12-19(24)21-13-5-8-15(9-6-13)28-4-2/h5-11,17H,3-4,12H2,1-2H3,(H,21,24). The van der Waals surface area contributed by atoms with Crippen molar-refractivity contribution in [2.24, 2.45) is 0 Å². The summed E-state index contributed by atoms with van der Waals surface area (Å²) in [7, 11) is 0. The topological polar surface area (TPSA) is 111 Å². The van der Waals surface area contributed by atoms with Crippen LogP contribution in [-0.2, 0) is 9.59 Å². The molecule has 0 spiro atoms. The van der Waals surface area contributed by atoms with Crippen molar-refractivity contribution in [3.8, 4) is 11.5 Å². The summed E-state index contributed by atoms with van der Waals surface area (Å²) >= 11 is 0. The Bertz CT molecular complexity index is 928. The van der Waals surface area contributed by atoms with Gasteiger partial charge in [0, 0.05) is 17.8 Å². The monoisotopic (exact) mass is 399 g/mol. The second-order valence-electron chi connectivity index (χ2n) is 6.35. The minimum atomic E-state index is -0.748. The number of non-ortho nitro benzene ring substituents is 1. The lowest BCUT2D eigenvalue weighted by atomic mass is 10.1. The van der Waals surface area contributed by atoms with Gasteiger partial charge in [-0.15, -0.1) is 0 Å². The molecule has 2 aromatic rings. The minimum absolute atomic E-state index is 0.188. The summed E-state index contributed by atoms with van der Waals surface area (Å²) in [5.41, 5.74) is 0.563. The van der Waals surface area contributed by atoms with Gasteiger partial charge in [-0.3, -0.25) is 24.6 Å². The molecule has 1 N–H and O–H groups in total. The van der Waals surface area contributed by atoms with Gasteiger partial charge in [-0.2, -0.15) is 0 Å². The van der Waals surface area contributed by atoms with Crippen molar-refractivity contribution in [2.45, 2.75) is 26.4 Å². The van der Waals surface area contributed by atoms with Crippen molar-refractivity contribution in [1.29, 1.82) is 0 Å². The van der Waals surface area contributed by atoms with Crippen molar-refractivity contribution in [1.82, 2.24) is 0 Å². The number of fused-ring (bicyclic) bond motifs is 1. The van der Waals surface area contributed by atoms with Gasteiger partial charge < -0.3 is 14.8 Å². The highest BCUT2D eigenvalue weighted by molar-refractivity contribution is 6.06. The zero-order valence-electron chi connectivity index (χ0n) is 16.1. The Morgan fingerprint density at radius 2 is 1.97 bits per heavy atom. The fraction of sp³-hybridized carbons (Fsp3) is 0.300. The Balaban J connectivity index is 1.80. The molecular formula is C20H21N3O6. The summed E-state index contributed by atoms with van der Waals surface area (Å²) in [6.45, 7) is 3.91. The first-order chi connectivity index (χ1) is 13.9. The van der Waals surface area contributed by atoms with E-state index in [1.807, 2.05) is 6.92 Å². The van der Waals surface area contributed by atoms with E-state index in [2.05, 4.69) is 5.32 Å². The molecule has 1 aliphatic heterocycles. The molecule has 1 atom stereocenters. The van der Waals surface area contributed by atoms with Gasteiger partial charge in [-0.1, -0.05) is 6.92 Å². The van der Waals surface area contributed by atoms with E-state index < -0.39 is 22.8 Å². The lowest BCUT2D eigenvalue weighted by molar-refractivity contribution is -0.384. The first kappa shape index (κ1) is 20.1. The third kappa shape index (κ3) is 4.45. The molecule has 29 heavy (non-hydrogen) atoms. The van der Waals surface area contributed by atoms with Crippen LogP contribution in [-0.4, -0.2) is 36.0 Å². The Kier molecular flexibility index (Phi) is 5.96. The maximum Gasteiger partial charge on any atom is 0.271 e. The van der Waals surface area contributed by atoms with E-state index in [0.717, 1.165) is 0 Å². The zero-order valence-corrected chi connectivity index (χ0v) is 16.1. The van der Waals surface area contributed by atoms with Gasteiger partial charge in [-0.25, -0.2) is 0 Å². The number of hydrogen-bond donors (Lipinski definition) is 1. The number of amides is 2. The maximum atomic E-state index is 12.7. The van der Waals surface area contributed by atoms with E-state index in [1.165, 1.54) is 23.1 Å². The number of nitrogens with one attached hydrogen (secondary N) is 1. The number of carbonyl (C=O) groups excluding carboxylic acids is 2. The fourth-order valence-electron chi connectivity index (χ4n) is 2.99. The molecule has 9 nitrogen and oxygen atoms in total. The van der Waals surface area contributed by atoms with Crippen LogP contribution in [0, 0.1) is 10.1 Å². The fourth-order valence-corrected chi connectivity index (χ4v) is 2.99. The Labute approximate surface area is 167 Å². The largest absolute Gasteiger partial charge is 0.494 e. The van der Waals surface area contributed by atoms with Gasteiger partial charge in [-0.05, 0) is 43.7 Å². The van der Waals surface area contributed by atoms with E-state index in [1.54, 1.807) is 31.2 Å². The molecule has 0 bridgehead atoms. The smallest absolute Gasteiger partial charge is 0.271 e. The summed E-state index contributed by atoms with van der Waals surface area (Å²) < 4.78 is 11.0. The van der Waals surface area contributed by atoms with Crippen LogP contribution in [0.3, 0.4) is 0 Å². The number of nitro groups is 1. The average molecular weight is 399 g/mol. The van der Waals surface area contributed by atoms with Crippen molar-refractivity contribution >= 4 is 28.9 Å². The minimum Gasteiger partial charge on any atom is -0.494 e. The molecule has 9 heteroatoms. The SMILES string of the molecule is CCOc1ccc(NC(=O)CN2C(=O)C(CC)Oc3ccc([N+](=O)[O-])cc32)cc1. The highest BCUT2D eigenvalue weighted by Gasteiger charge is 2.35. The van der Waals surface area contributed by atoms with Gasteiger partial charge in [0.2, 0.25) is 5.91 Å². The molecule has 1 unspecified atom stereocenters. The van der Waals surface area contributed by atoms with E-state index in [9.17, 15) is 19.7 Å². The van der Waals surface area contributed by atoms with Crippen LogP contribution in [0.2, 0.25) is 0 Å². The van der Waals surface area contributed by atoms with Gasteiger partial charge >= 0.3 is 0 Å². The normalized spacial score (nSPS) is 15.3. The predicted molar refractivity (Wildman–Crippen MR) is 106 cm³/mol. The number of ether oxygens (including phenoxy) is 2. The molecule has 0 saturated carbocycles. The van der Waals surface area contributed by atoms with E-state index >= 15 is 0 Å². The molecule has 0 radical (unpaired) electrons. The average Bonchev–Trinajstić information content (AvgIpc) is 2.71. The number of benzene rings is 2. The zero-order chi connectivity index (χ0) is 21.0. The summed E-state index contributed by atoms with van der Waals surface area (Å²) in [5, 5.41) is 13.8. The van der Waals surface area contributed by atoms with Gasteiger partial charge in [0.05, 0.1) is 17.2 Å². The van der Waals surface area contributed by atoms with E-state index in [4.69, 9.17) is 9.47 Å². The van der Waals surface area contributed by atoms with E-state index in [0.29, 0.717) is 30.2 Å². The number of anilines is 2. The molecule has 0 aliphatic carbocycles. The Morgan fingerprint density at radius 3 is 2.59 bits per heavy atom. The summed E-state index contributed by atoms with van der Waals surface area (Å²) in [6, 6.07) is 10.8. The summed E-state index contributed by atoms with van der Waals surface area (Å²) in [6.07, 6.45) is -0.339. The van der Waals surface area contributed by atoms with Crippen molar-refractivity contribution in [3.05, 3.63) is 52.6 Å². The number of nitro benzene ring substituents is 1. The number of carbonyl (C=O) groups is 2. The molecule has 0 aromatic heterocycles. The van der Waals surface area contributed by atoms with E-state index in [-0.39, 0.29) is 17.9 Å². The third-order valence-electron chi connectivity index (χ3n) is 4.38. The molecule has 2 aromatic carbocycles. The lowest BCUT2D eigenvalue weighted by Crippen LogP contribution is -2.48. The number of rotatable bonds is 7. The Hall–Kier alpha value is -3.62. The van der Waals surface area contributed by atoms with Crippen LogP contribution in [0.1, 0.15) is 20.3 Å². The van der Waals surface area contributed by atoms with Gasteiger partial charge in [0.1, 0.15) is 18.0 Å². The van der Waals surface area contributed by atoms with Crippen molar-refractivity contribution in [2.75, 3.05) is 23.4 Å². The molecule has 0 fully saturated rings. The maximum absolute atomic E-state index is 12.7. The molecule has 0 saturated heterocycles. The van der Waals surface area contributed by atoms with Crippen LogP contribution in [0.5, 0.6) is 11.5 Å². The molecule has 152 valence electrons. The highest BCUT2D eigenvalue weighted by Crippen LogP contribution is 2.37. The van der Waals surface area contributed by atoms with Crippen LogP contribution in [0.15, 0.2) is 42.5 Å². The first-order valence-electron chi connectivity index (χ1n) is 9.22. The molecular weight excluding hydrogens is 378 g/mol. The van der Waals surface area contributed by atoms with Crippen LogP contribution in [0.25, 0.3) is 0 Å². The predicted octanol–water partition coefficient (Wildman–Crippen LogP) is 3.14. The van der Waals surface area contributed by atoms with Gasteiger partial charge in [0.15, 0.2) is 6.10 Å². The molecule has 3 rings (SSSR count). The van der Waals surface area contributed by atoms with Crippen LogP contribution >= 0.6 is 0 Å². The number of hydrogen-bond acceptors (Lipinski definition) is 6. The van der Waals surface area contributed by atoms with Crippen LogP contribution in [0.4, 0.5) is 17.1 Å². The Morgan fingerprint density at radius 1 is 1.24 bits per heavy atom.